The Morgan fingerprint density at radius 2 is 0.560 bits per heavy atom. The van der Waals surface area contributed by atoms with Crippen molar-refractivity contribution >= 4 is 11.9 Å². The van der Waals surface area contributed by atoms with Crippen LogP contribution in [-0.2, 0) is 14.3 Å². The topological polar surface area (TPSA) is 95.9 Å². The molecule has 6 nitrogen and oxygen atoms in total. The Labute approximate surface area is 526 Å². The maximum atomic E-state index is 12.5. The highest BCUT2D eigenvalue weighted by Gasteiger charge is 2.20. The second-order valence-electron chi connectivity index (χ2n) is 26.7. The van der Waals surface area contributed by atoms with E-state index in [0.29, 0.717) is 25.9 Å². The second-order valence-corrected chi connectivity index (χ2v) is 26.7. The quantitative estimate of drug-likeness (QED) is 0.0320. The lowest BCUT2D eigenvalue weighted by atomic mass is 10.0. The summed E-state index contributed by atoms with van der Waals surface area (Å²) >= 11 is 0. The van der Waals surface area contributed by atoms with Crippen LogP contribution < -0.4 is 5.32 Å². The van der Waals surface area contributed by atoms with E-state index in [0.717, 1.165) is 38.5 Å². The van der Waals surface area contributed by atoms with Gasteiger partial charge in [-0.15, -0.1) is 0 Å². The van der Waals surface area contributed by atoms with Crippen LogP contribution in [0.25, 0.3) is 0 Å². The molecule has 0 aromatic rings. The number of aliphatic hydroxyl groups is 2. The van der Waals surface area contributed by atoms with Gasteiger partial charge in [0, 0.05) is 12.8 Å². The number of esters is 1. The number of amides is 1. The molecule has 1 amide bonds. The smallest absolute Gasteiger partial charge is 0.305 e. The Morgan fingerprint density at radius 3 is 0.845 bits per heavy atom. The normalized spacial score (nSPS) is 12.6. The molecule has 84 heavy (non-hydrogen) atoms. The highest BCUT2D eigenvalue weighted by molar-refractivity contribution is 5.76. The van der Waals surface area contributed by atoms with E-state index >= 15 is 0 Å². The van der Waals surface area contributed by atoms with Gasteiger partial charge in [-0.2, -0.15) is 0 Å². The zero-order chi connectivity index (χ0) is 60.6. The van der Waals surface area contributed by atoms with Crippen LogP contribution in [-0.4, -0.2) is 47.4 Å². The minimum Gasteiger partial charge on any atom is -0.466 e. The average Bonchev–Trinajstić information content (AvgIpc) is 3.50. The molecule has 0 spiro atoms. The summed E-state index contributed by atoms with van der Waals surface area (Å²) in [7, 11) is 0. The molecule has 498 valence electrons. The summed E-state index contributed by atoms with van der Waals surface area (Å²) in [6.45, 7) is 4.99. The number of nitrogens with one attached hydrogen (secondary N) is 1. The largest absolute Gasteiger partial charge is 0.466 e. The number of unbranched alkanes of at least 4 members (excludes halogenated alkanes) is 58. The zero-order valence-corrected chi connectivity index (χ0v) is 57.2. The molecule has 0 saturated carbocycles. The molecule has 0 aromatic carbocycles. The summed E-state index contributed by atoms with van der Waals surface area (Å²) < 4.78 is 5.51. The van der Waals surface area contributed by atoms with Crippen LogP contribution in [0.5, 0.6) is 0 Å². The van der Waals surface area contributed by atoms with Crippen LogP contribution in [0.3, 0.4) is 0 Å². The molecule has 0 rings (SSSR count). The fraction of sp³-hybridized carbons (Fsp3) is 0.923. The number of aliphatic hydroxyl groups excluding tert-OH is 2. The fourth-order valence-corrected chi connectivity index (χ4v) is 12.3. The molecule has 3 N–H and O–H groups in total. The molecule has 0 aliphatic rings. The lowest BCUT2D eigenvalue weighted by Gasteiger charge is -2.22. The summed E-state index contributed by atoms with van der Waals surface area (Å²) in [5, 5.41) is 23.4. The first kappa shape index (κ1) is 82.3. The first-order valence-electron chi connectivity index (χ1n) is 38.6. The van der Waals surface area contributed by atoms with Crippen molar-refractivity contribution in [1.29, 1.82) is 0 Å². The zero-order valence-electron chi connectivity index (χ0n) is 57.2. The van der Waals surface area contributed by atoms with Crippen LogP contribution >= 0.6 is 0 Å². The molecule has 2 unspecified atom stereocenters. The van der Waals surface area contributed by atoms with Gasteiger partial charge in [0.2, 0.25) is 5.91 Å². The summed E-state index contributed by atoms with van der Waals surface area (Å²) in [5.74, 6) is -0.00984. The molecule has 0 radical (unpaired) electrons. The maximum absolute atomic E-state index is 12.5. The van der Waals surface area contributed by atoms with Crippen LogP contribution in [0.1, 0.15) is 438 Å². The van der Waals surface area contributed by atoms with Gasteiger partial charge in [-0.1, -0.05) is 372 Å². The fourth-order valence-electron chi connectivity index (χ4n) is 12.3. The van der Waals surface area contributed by atoms with E-state index in [-0.39, 0.29) is 18.5 Å². The molecular weight excluding hydrogens is 1030 g/mol. The van der Waals surface area contributed by atoms with Crippen LogP contribution in [0.15, 0.2) is 24.3 Å². The van der Waals surface area contributed by atoms with Crippen LogP contribution in [0.2, 0.25) is 0 Å². The van der Waals surface area contributed by atoms with Gasteiger partial charge < -0.3 is 20.3 Å². The van der Waals surface area contributed by atoms with Gasteiger partial charge in [-0.3, -0.25) is 9.59 Å². The average molecular weight is 1180 g/mol. The van der Waals surface area contributed by atoms with E-state index in [1.165, 1.54) is 366 Å². The van der Waals surface area contributed by atoms with E-state index < -0.39 is 12.1 Å². The molecule has 0 heterocycles. The third kappa shape index (κ3) is 69.4. The number of hydrogen-bond donors (Lipinski definition) is 3. The van der Waals surface area contributed by atoms with Gasteiger partial charge in [0.1, 0.15) is 0 Å². The van der Waals surface area contributed by atoms with Crippen LogP contribution in [0, 0.1) is 0 Å². The summed E-state index contributed by atoms with van der Waals surface area (Å²) in [4.78, 5) is 24.7. The molecule has 0 aromatic heterocycles. The van der Waals surface area contributed by atoms with Gasteiger partial charge in [-0.05, 0) is 77.0 Å². The number of carbonyl (C=O) groups is 2. The Morgan fingerprint density at radius 1 is 0.321 bits per heavy atom. The van der Waals surface area contributed by atoms with Crippen molar-refractivity contribution in [3.63, 3.8) is 0 Å². The van der Waals surface area contributed by atoms with Gasteiger partial charge in [0.25, 0.3) is 0 Å². The Hall–Kier alpha value is -1.66. The molecule has 0 aliphatic carbocycles. The predicted octanol–water partition coefficient (Wildman–Crippen LogP) is 25.3. The van der Waals surface area contributed by atoms with E-state index in [9.17, 15) is 19.8 Å². The third-order valence-electron chi connectivity index (χ3n) is 18.2. The summed E-state index contributed by atoms with van der Waals surface area (Å²) in [6.07, 6.45) is 94.0. The Kier molecular flexibility index (Phi) is 72.3. The number of hydrogen-bond acceptors (Lipinski definition) is 5. The molecule has 2 atom stereocenters. The van der Waals surface area contributed by atoms with Crippen molar-refractivity contribution in [2.24, 2.45) is 0 Å². The standard InChI is InChI=1S/C78H151NO5/c1-3-5-7-9-11-13-15-17-19-21-36-40-44-48-52-56-60-64-68-72-78(83)84-73-69-65-61-57-53-49-45-41-38-35-33-31-29-27-25-23-22-24-26-28-30-32-34-37-39-43-47-51-55-59-63-67-71-77(82)79-75(74-80)76(81)70-66-62-58-54-50-46-42-20-18-16-14-12-10-8-6-4-2/h17,19,25,27,75-76,80-81H,3-16,18,20-24,26,28-74H2,1-2H3,(H,79,82)/b19-17-,27-25-. The monoisotopic (exact) mass is 1180 g/mol. The van der Waals surface area contributed by atoms with Crippen molar-refractivity contribution in [2.75, 3.05) is 13.2 Å². The first-order chi connectivity index (χ1) is 41.5. The highest BCUT2D eigenvalue weighted by Crippen LogP contribution is 2.19. The molecule has 0 bridgehead atoms. The second kappa shape index (κ2) is 73.8. The number of allylic oxidation sites excluding steroid dienone is 4. The van der Waals surface area contributed by atoms with E-state index in [2.05, 4.69) is 43.5 Å². The Balaban J connectivity index is 3.33. The van der Waals surface area contributed by atoms with Crippen molar-refractivity contribution in [2.45, 2.75) is 450 Å². The Bertz CT molecular complexity index is 1320. The third-order valence-corrected chi connectivity index (χ3v) is 18.2. The van der Waals surface area contributed by atoms with Gasteiger partial charge >= 0.3 is 5.97 Å². The predicted molar refractivity (Wildman–Crippen MR) is 370 cm³/mol. The van der Waals surface area contributed by atoms with Crippen molar-refractivity contribution in [1.82, 2.24) is 5.32 Å². The van der Waals surface area contributed by atoms with E-state index in [1.54, 1.807) is 0 Å². The maximum Gasteiger partial charge on any atom is 0.305 e. The SMILES string of the molecule is CCCCCCCC/C=C\CCCCCCCCCCCC(=O)OCCCCCCCCCCCCCC/C=C\CCCCCCCCCCCCCCCCCCC(=O)NC(CO)C(O)CCCCCCCCCCCCCCCCCC. The minimum absolute atomic E-state index is 0.0187. The highest BCUT2D eigenvalue weighted by atomic mass is 16.5. The molecule has 0 aliphatic heterocycles. The first-order valence-corrected chi connectivity index (χ1v) is 38.6. The van der Waals surface area contributed by atoms with E-state index in [1.807, 2.05) is 0 Å². The van der Waals surface area contributed by atoms with E-state index in [4.69, 9.17) is 4.74 Å². The van der Waals surface area contributed by atoms with Gasteiger partial charge in [-0.25, -0.2) is 0 Å². The van der Waals surface area contributed by atoms with Crippen molar-refractivity contribution < 1.29 is 24.5 Å². The number of rotatable bonds is 73. The van der Waals surface area contributed by atoms with Crippen LogP contribution in [0.4, 0.5) is 0 Å². The molecule has 0 fully saturated rings. The molecule has 6 heteroatoms. The van der Waals surface area contributed by atoms with Crippen molar-refractivity contribution in [3.8, 4) is 0 Å². The lowest BCUT2D eigenvalue weighted by Crippen LogP contribution is -2.45. The lowest BCUT2D eigenvalue weighted by molar-refractivity contribution is -0.143. The minimum atomic E-state index is -0.662. The summed E-state index contributed by atoms with van der Waals surface area (Å²) in [6, 6.07) is -0.539. The molecular formula is C78H151NO5. The molecule has 0 saturated heterocycles. The van der Waals surface area contributed by atoms with Crippen molar-refractivity contribution in [3.05, 3.63) is 24.3 Å². The van der Waals surface area contributed by atoms with Gasteiger partial charge in [0.15, 0.2) is 0 Å². The number of carbonyl (C=O) groups excluding carboxylic acids is 2. The summed E-state index contributed by atoms with van der Waals surface area (Å²) in [5.41, 5.74) is 0. The number of ether oxygens (including phenoxy) is 1. The van der Waals surface area contributed by atoms with Gasteiger partial charge in [0.05, 0.1) is 25.4 Å².